The summed E-state index contributed by atoms with van der Waals surface area (Å²) in [7, 11) is 0. The smallest absolute Gasteiger partial charge is 0.257 e. The molecule has 0 saturated carbocycles. The topological polar surface area (TPSA) is 86.3 Å². The van der Waals surface area contributed by atoms with Crippen LogP contribution >= 0.6 is 0 Å². The zero-order chi connectivity index (χ0) is 22.8. The second-order valence-corrected chi connectivity index (χ2v) is 9.11. The predicted molar refractivity (Wildman–Crippen MR) is 122 cm³/mol. The molecule has 8 heteroatoms. The van der Waals surface area contributed by atoms with Crippen molar-refractivity contribution in [3.05, 3.63) is 58.5 Å². The number of hydrogen-bond acceptors (Lipinski definition) is 6. The molecule has 0 N–H and O–H groups in total. The molecule has 1 saturated heterocycles. The molecular formula is C25H31N5O3. The summed E-state index contributed by atoms with van der Waals surface area (Å²) in [5.41, 5.74) is 2.32. The van der Waals surface area contributed by atoms with Gasteiger partial charge in [0, 0.05) is 32.0 Å². The van der Waals surface area contributed by atoms with Gasteiger partial charge in [-0.15, -0.1) is 10.2 Å². The predicted octanol–water partition coefficient (Wildman–Crippen LogP) is 4.21. The molecule has 2 aliphatic heterocycles. The van der Waals surface area contributed by atoms with E-state index in [-0.39, 0.29) is 11.8 Å². The van der Waals surface area contributed by atoms with Gasteiger partial charge in [0.1, 0.15) is 29.8 Å². The van der Waals surface area contributed by atoms with Gasteiger partial charge in [0.15, 0.2) is 0 Å². The monoisotopic (exact) mass is 449 g/mol. The molecular weight excluding hydrogens is 418 g/mol. The maximum Gasteiger partial charge on any atom is 0.257 e. The van der Waals surface area contributed by atoms with Crippen LogP contribution in [0.2, 0.25) is 0 Å². The van der Waals surface area contributed by atoms with Gasteiger partial charge in [-0.1, -0.05) is 23.7 Å². The van der Waals surface area contributed by atoms with E-state index in [1.807, 2.05) is 43.0 Å². The Balaban J connectivity index is 1.32. The van der Waals surface area contributed by atoms with Crippen LogP contribution in [0.5, 0.6) is 5.75 Å². The molecule has 1 unspecified atom stereocenters. The highest BCUT2D eigenvalue weighted by Crippen LogP contribution is 2.30. The van der Waals surface area contributed by atoms with Crippen LogP contribution in [0.25, 0.3) is 0 Å². The second kappa shape index (κ2) is 9.37. The van der Waals surface area contributed by atoms with Gasteiger partial charge in [0.05, 0.1) is 16.8 Å². The molecule has 1 atom stereocenters. The van der Waals surface area contributed by atoms with Crippen LogP contribution in [0.3, 0.4) is 0 Å². The van der Waals surface area contributed by atoms with Gasteiger partial charge >= 0.3 is 0 Å². The minimum Gasteiger partial charge on any atom is -0.488 e. The standard InChI is InChI=1S/C25H31N5O3/c1-17-21(18(2)33-28-17)16-32-22-11-6-5-10-20(22)25(31)29-13-8-9-19(15-29)24-27-26-23-12-4-3-7-14-30(23)24/h5-6,10-11,19H,3-4,7-9,12-16H2,1-2H3. The van der Waals surface area contributed by atoms with Gasteiger partial charge in [-0.25, -0.2) is 0 Å². The van der Waals surface area contributed by atoms with E-state index in [0.29, 0.717) is 24.5 Å². The van der Waals surface area contributed by atoms with Crippen molar-refractivity contribution in [2.45, 2.75) is 71.4 Å². The van der Waals surface area contributed by atoms with E-state index in [0.717, 1.165) is 61.0 Å². The second-order valence-electron chi connectivity index (χ2n) is 9.11. The van der Waals surface area contributed by atoms with Crippen molar-refractivity contribution in [1.29, 1.82) is 0 Å². The van der Waals surface area contributed by atoms with Crippen LogP contribution in [-0.2, 0) is 19.6 Å². The van der Waals surface area contributed by atoms with Gasteiger partial charge in [0.2, 0.25) is 0 Å². The van der Waals surface area contributed by atoms with E-state index < -0.39 is 0 Å². The third-order valence-corrected chi connectivity index (χ3v) is 6.88. The third-order valence-electron chi connectivity index (χ3n) is 6.88. The van der Waals surface area contributed by atoms with E-state index in [1.54, 1.807) is 0 Å². The van der Waals surface area contributed by atoms with Crippen molar-refractivity contribution in [3.8, 4) is 5.75 Å². The number of benzene rings is 1. The Labute approximate surface area is 193 Å². The molecule has 8 nitrogen and oxygen atoms in total. The average molecular weight is 450 g/mol. The number of carbonyl (C=O) groups is 1. The number of amides is 1. The number of fused-ring (bicyclic) bond motifs is 1. The summed E-state index contributed by atoms with van der Waals surface area (Å²) in [6, 6.07) is 7.47. The lowest BCUT2D eigenvalue weighted by Crippen LogP contribution is -2.40. The SMILES string of the molecule is Cc1noc(C)c1COc1ccccc1C(=O)N1CCCC(c2nnc3n2CCCCC3)C1. The van der Waals surface area contributed by atoms with Gasteiger partial charge in [-0.2, -0.15) is 0 Å². The molecule has 0 bridgehead atoms. The first-order valence-electron chi connectivity index (χ1n) is 12.0. The van der Waals surface area contributed by atoms with Gasteiger partial charge < -0.3 is 18.7 Å². The molecule has 4 heterocycles. The van der Waals surface area contributed by atoms with Crippen molar-refractivity contribution in [3.63, 3.8) is 0 Å². The van der Waals surface area contributed by atoms with Crippen LogP contribution in [0.1, 0.15) is 77.0 Å². The summed E-state index contributed by atoms with van der Waals surface area (Å²) in [5, 5.41) is 13.0. The Kier molecular flexibility index (Phi) is 6.15. The Morgan fingerprint density at radius 1 is 1.12 bits per heavy atom. The van der Waals surface area contributed by atoms with Gasteiger partial charge in [-0.05, 0) is 51.7 Å². The van der Waals surface area contributed by atoms with Crippen LogP contribution in [0, 0.1) is 13.8 Å². The summed E-state index contributed by atoms with van der Waals surface area (Å²) >= 11 is 0. The number of aromatic nitrogens is 4. The largest absolute Gasteiger partial charge is 0.488 e. The molecule has 3 aromatic rings. The number of hydrogen-bond donors (Lipinski definition) is 0. The molecule has 1 fully saturated rings. The number of aryl methyl sites for hydroxylation is 3. The summed E-state index contributed by atoms with van der Waals surface area (Å²) in [4.78, 5) is 15.5. The number of piperidine rings is 1. The zero-order valence-electron chi connectivity index (χ0n) is 19.4. The van der Waals surface area contributed by atoms with E-state index in [1.165, 1.54) is 19.3 Å². The molecule has 174 valence electrons. The van der Waals surface area contributed by atoms with E-state index in [9.17, 15) is 4.79 Å². The molecule has 2 aromatic heterocycles. The summed E-state index contributed by atoms with van der Waals surface area (Å²) in [6.45, 7) is 6.48. The van der Waals surface area contributed by atoms with Crippen LogP contribution in [0.15, 0.2) is 28.8 Å². The van der Waals surface area contributed by atoms with Crippen molar-refractivity contribution in [1.82, 2.24) is 24.8 Å². The fourth-order valence-electron chi connectivity index (χ4n) is 4.98. The first-order chi connectivity index (χ1) is 16.1. The Morgan fingerprint density at radius 2 is 2.00 bits per heavy atom. The lowest BCUT2D eigenvalue weighted by atomic mass is 9.96. The molecule has 5 rings (SSSR count). The minimum absolute atomic E-state index is 0.00432. The molecule has 0 radical (unpaired) electrons. The maximum atomic E-state index is 13.5. The maximum absolute atomic E-state index is 13.5. The fraction of sp³-hybridized carbons (Fsp3) is 0.520. The van der Waals surface area contributed by atoms with E-state index >= 15 is 0 Å². The Bertz CT molecular complexity index is 1120. The van der Waals surface area contributed by atoms with Gasteiger partial charge in [-0.3, -0.25) is 4.79 Å². The minimum atomic E-state index is 0.00432. The highest BCUT2D eigenvalue weighted by molar-refractivity contribution is 5.97. The number of rotatable bonds is 5. The molecule has 0 spiro atoms. The Hall–Kier alpha value is -3.16. The summed E-state index contributed by atoms with van der Waals surface area (Å²) in [5.74, 6) is 3.70. The zero-order valence-corrected chi connectivity index (χ0v) is 19.4. The van der Waals surface area contributed by atoms with Crippen LogP contribution in [0.4, 0.5) is 0 Å². The normalized spacial score (nSPS) is 18.6. The summed E-state index contributed by atoms with van der Waals surface area (Å²) in [6.07, 6.45) is 6.58. The molecule has 33 heavy (non-hydrogen) atoms. The number of carbonyl (C=O) groups excluding carboxylic acids is 1. The fourth-order valence-corrected chi connectivity index (χ4v) is 4.98. The Morgan fingerprint density at radius 3 is 2.85 bits per heavy atom. The number of nitrogens with zero attached hydrogens (tertiary/aromatic N) is 5. The number of ether oxygens (including phenoxy) is 1. The van der Waals surface area contributed by atoms with Crippen LogP contribution in [-0.4, -0.2) is 43.8 Å². The number of para-hydroxylation sites is 1. The highest BCUT2D eigenvalue weighted by atomic mass is 16.5. The van der Waals surface area contributed by atoms with E-state index in [4.69, 9.17) is 9.26 Å². The lowest BCUT2D eigenvalue weighted by molar-refractivity contribution is 0.0698. The quantitative estimate of drug-likeness (QED) is 0.580. The van der Waals surface area contributed by atoms with Crippen molar-refractivity contribution in [2.75, 3.05) is 13.1 Å². The first-order valence-corrected chi connectivity index (χ1v) is 12.0. The summed E-state index contributed by atoms with van der Waals surface area (Å²) < 4.78 is 13.6. The molecule has 1 amide bonds. The van der Waals surface area contributed by atoms with E-state index in [2.05, 4.69) is 19.9 Å². The highest BCUT2D eigenvalue weighted by Gasteiger charge is 2.31. The number of likely N-dealkylation sites (tertiary alicyclic amines) is 1. The van der Waals surface area contributed by atoms with Gasteiger partial charge in [0.25, 0.3) is 5.91 Å². The first kappa shape index (κ1) is 21.7. The van der Waals surface area contributed by atoms with Crippen molar-refractivity contribution < 1.29 is 14.1 Å². The lowest BCUT2D eigenvalue weighted by Gasteiger charge is -2.33. The third kappa shape index (κ3) is 4.38. The van der Waals surface area contributed by atoms with Crippen molar-refractivity contribution in [2.24, 2.45) is 0 Å². The van der Waals surface area contributed by atoms with Crippen molar-refractivity contribution >= 4 is 5.91 Å². The molecule has 1 aromatic carbocycles. The average Bonchev–Trinajstić information content (AvgIpc) is 3.30. The molecule has 2 aliphatic rings. The van der Waals surface area contributed by atoms with Crippen LogP contribution < -0.4 is 4.74 Å². The molecule has 0 aliphatic carbocycles.